The molecule has 2 aromatic carbocycles. The molecule has 28 heavy (non-hydrogen) atoms. The van der Waals surface area contributed by atoms with E-state index in [0.717, 1.165) is 11.1 Å². The molecule has 0 atom stereocenters. The Hall–Kier alpha value is -3.44. The Labute approximate surface area is 166 Å². The number of pyridine rings is 2. The van der Waals surface area contributed by atoms with Crippen molar-refractivity contribution in [3.8, 4) is 0 Å². The molecule has 0 saturated heterocycles. The van der Waals surface area contributed by atoms with Crippen LogP contribution in [0.1, 0.15) is 15.9 Å². The zero-order valence-corrected chi connectivity index (χ0v) is 15.6. The molecule has 0 aliphatic heterocycles. The fraction of sp³-hybridized carbons (Fsp3) is 0.0455. The van der Waals surface area contributed by atoms with Crippen molar-refractivity contribution in [3.05, 3.63) is 106 Å². The van der Waals surface area contributed by atoms with Crippen molar-refractivity contribution in [3.63, 3.8) is 0 Å². The second-order valence-corrected chi connectivity index (χ2v) is 6.78. The molecule has 0 spiro atoms. The Morgan fingerprint density at radius 2 is 1.82 bits per heavy atom. The summed E-state index contributed by atoms with van der Waals surface area (Å²) in [6.45, 7) is 0.505. The van der Waals surface area contributed by atoms with Gasteiger partial charge in [0.25, 0.3) is 5.91 Å². The van der Waals surface area contributed by atoms with Crippen LogP contribution >= 0.6 is 11.6 Å². The number of hydrogen-bond acceptors (Lipinski definition) is 3. The van der Waals surface area contributed by atoms with Crippen LogP contribution in [0, 0.1) is 0 Å². The minimum Gasteiger partial charge on any atom is -0.342 e. The van der Waals surface area contributed by atoms with Crippen molar-refractivity contribution in [2.24, 2.45) is 0 Å². The number of carbonyl (C=O) groups excluding carboxylic acids is 1. The van der Waals surface area contributed by atoms with Crippen LogP contribution in [-0.4, -0.2) is 15.5 Å². The number of halogens is 1. The van der Waals surface area contributed by atoms with Gasteiger partial charge in [0.2, 0.25) is 5.43 Å². The molecule has 5 nitrogen and oxygen atoms in total. The van der Waals surface area contributed by atoms with E-state index >= 15 is 0 Å². The monoisotopic (exact) mass is 389 g/mol. The molecule has 2 aromatic heterocycles. The van der Waals surface area contributed by atoms with Crippen LogP contribution in [-0.2, 0) is 6.54 Å². The van der Waals surface area contributed by atoms with E-state index in [2.05, 4.69) is 10.3 Å². The lowest BCUT2D eigenvalue weighted by atomic mass is 10.1. The molecule has 138 valence electrons. The van der Waals surface area contributed by atoms with Crippen molar-refractivity contribution < 1.29 is 4.79 Å². The summed E-state index contributed by atoms with van der Waals surface area (Å²) in [6.07, 6.45) is 4.75. The van der Waals surface area contributed by atoms with E-state index in [1.54, 1.807) is 36.7 Å². The van der Waals surface area contributed by atoms with Gasteiger partial charge < -0.3 is 9.88 Å². The van der Waals surface area contributed by atoms with E-state index in [0.29, 0.717) is 22.6 Å². The maximum atomic E-state index is 12.9. The molecule has 0 saturated carbocycles. The topological polar surface area (TPSA) is 64.0 Å². The van der Waals surface area contributed by atoms with Gasteiger partial charge in [0, 0.05) is 29.3 Å². The maximum Gasteiger partial charge on any atom is 0.261 e. The van der Waals surface area contributed by atoms with Crippen molar-refractivity contribution in [2.45, 2.75) is 6.54 Å². The minimum atomic E-state index is -0.464. The molecule has 6 heteroatoms. The Balaban J connectivity index is 1.78. The summed E-state index contributed by atoms with van der Waals surface area (Å²) in [5.41, 5.74) is 2.09. The summed E-state index contributed by atoms with van der Waals surface area (Å²) < 4.78 is 1.90. The summed E-state index contributed by atoms with van der Waals surface area (Å²) in [6, 6.07) is 18.2. The second-order valence-electron chi connectivity index (χ2n) is 6.34. The van der Waals surface area contributed by atoms with Crippen LogP contribution < -0.4 is 10.7 Å². The number of fused-ring (bicyclic) bond motifs is 1. The third kappa shape index (κ3) is 3.66. The molecule has 4 rings (SSSR count). The van der Waals surface area contributed by atoms with Crippen LogP contribution in [0.3, 0.4) is 0 Å². The first-order valence-electron chi connectivity index (χ1n) is 8.70. The van der Waals surface area contributed by atoms with Crippen molar-refractivity contribution in [2.75, 3.05) is 5.32 Å². The number of benzene rings is 2. The Kier molecular flexibility index (Phi) is 4.91. The highest BCUT2D eigenvalue weighted by molar-refractivity contribution is 6.30. The predicted octanol–water partition coefficient (Wildman–Crippen LogP) is 4.35. The van der Waals surface area contributed by atoms with Crippen LogP contribution in [0.2, 0.25) is 5.02 Å². The lowest BCUT2D eigenvalue weighted by molar-refractivity contribution is 0.102. The summed E-state index contributed by atoms with van der Waals surface area (Å²) in [5.74, 6) is -0.464. The average Bonchev–Trinajstić information content (AvgIpc) is 2.72. The second kappa shape index (κ2) is 7.66. The molecule has 0 bridgehead atoms. The van der Waals surface area contributed by atoms with Gasteiger partial charge in [-0.3, -0.25) is 14.6 Å². The van der Waals surface area contributed by atoms with Gasteiger partial charge in [-0.15, -0.1) is 0 Å². The number of anilines is 1. The third-order valence-electron chi connectivity index (χ3n) is 4.42. The minimum absolute atomic E-state index is 0.0801. The Morgan fingerprint density at radius 3 is 2.57 bits per heavy atom. The molecule has 2 heterocycles. The summed E-state index contributed by atoms with van der Waals surface area (Å²) in [4.78, 5) is 29.6. The van der Waals surface area contributed by atoms with Gasteiger partial charge in [-0.2, -0.15) is 0 Å². The highest BCUT2D eigenvalue weighted by Crippen LogP contribution is 2.16. The maximum absolute atomic E-state index is 12.9. The Morgan fingerprint density at radius 1 is 1.04 bits per heavy atom. The first-order chi connectivity index (χ1) is 13.6. The van der Waals surface area contributed by atoms with E-state index in [9.17, 15) is 9.59 Å². The molecule has 0 aliphatic rings. The van der Waals surface area contributed by atoms with Crippen LogP contribution in [0.4, 0.5) is 5.69 Å². The number of nitrogens with zero attached hydrogens (tertiary/aromatic N) is 2. The smallest absolute Gasteiger partial charge is 0.261 e. The van der Waals surface area contributed by atoms with Crippen LogP contribution in [0.25, 0.3) is 10.9 Å². The fourth-order valence-electron chi connectivity index (χ4n) is 3.06. The lowest BCUT2D eigenvalue weighted by Crippen LogP contribution is -2.24. The first-order valence-corrected chi connectivity index (χ1v) is 9.07. The van der Waals surface area contributed by atoms with E-state index in [1.165, 1.54) is 6.20 Å². The SMILES string of the molecule is O=C(Nc1cccnc1)c1cn(Cc2ccc(Cl)cc2)c2ccccc2c1=O. The van der Waals surface area contributed by atoms with E-state index < -0.39 is 5.91 Å². The molecule has 1 N–H and O–H groups in total. The van der Waals surface area contributed by atoms with Crippen molar-refractivity contribution in [1.29, 1.82) is 0 Å². The fourth-order valence-corrected chi connectivity index (χ4v) is 3.19. The first kappa shape index (κ1) is 17.9. The van der Waals surface area contributed by atoms with Gasteiger partial charge >= 0.3 is 0 Å². The number of aromatic nitrogens is 2. The van der Waals surface area contributed by atoms with Gasteiger partial charge in [-0.25, -0.2) is 0 Å². The molecule has 0 fully saturated rings. The number of para-hydroxylation sites is 1. The molecular formula is C22H16ClN3O2. The predicted molar refractivity (Wildman–Crippen MR) is 111 cm³/mol. The summed E-state index contributed by atoms with van der Waals surface area (Å²) >= 11 is 5.97. The number of rotatable bonds is 4. The number of hydrogen-bond donors (Lipinski definition) is 1. The third-order valence-corrected chi connectivity index (χ3v) is 4.67. The normalized spacial score (nSPS) is 10.8. The largest absolute Gasteiger partial charge is 0.342 e. The average molecular weight is 390 g/mol. The quantitative estimate of drug-likeness (QED) is 0.564. The lowest BCUT2D eigenvalue weighted by Gasteiger charge is -2.14. The van der Waals surface area contributed by atoms with E-state index in [-0.39, 0.29) is 11.0 Å². The molecular weight excluding hydrogens is 374 g/mol. The van der Waals surface area contributed by atoms with Gasteiger partial charge in [-0.1, -0.05) is 35.9 Å². The summed E-state index contributed by atoms with van der Waals surface area (Å²) in [7, 11) is 0. The molecule has 1 amide bonds. The van der Waals surface area contributed by atoms with Gasteiger partial charge in [0.1, 0.15) is 5.56 Å². The Bertz CT molecular complexity index is 1200. The van der Waals surface area contributed by atoms with Gasteiger partial charge in [0.05, 0.1) is 17.4 Å². The number of amides is 1. The molecule has 0 radical (unpaired) electrons. The number of carbonyl (C=O) groups is 1. The molecule has 4 aromatic rings. The van der Waals surface area contributed by atoms with Gasteiger partial charge in [0.15, 0.2) is 0 Å². The molecule has 0 unspecified atom stereocenters. The van der Waals surface area contributed by atoms with Gasteiger partial charge in [-0.05, 0) is 42.0 Å². The van der Waals surface area contributed by atoms with Crippen LogP contribution in [0.15, 0.2) is 84.0 Å². The standard InChI is InChI=1S/C22H16ClN3O2/c23-16-9-7-15(8-10-16)13-26-14-19(21(27)18-5-1-2-6-20(18)26)22(28)25-17-4-3-11-24-12-17/h1-12,14H,13H2,(H,25,28). The van der Waals surface area contributed by atoms with E-state index in [1.807, 2.05) is 41.0 Å². The highest BCUT2D eigenvalue weighted by atomic mass is 35.5. The number of nitrogens with one attached hydrogen (secondary N) is 1. The zero-order chi connectivity index (χ0) is 19.5. The highest BCUT2D eigenvalue weighted by Gasteiger charge is 2.16. The summed E-state index contributed by atoms with van der Waals surface area (Å²) in [5, 5.41) is 3.88. The zero-order valence-electron chi connectivity index (χ0n) is 14.8. The van der Waals surface area contributed by atoms with Crippen molar-refractivity contribution >= 4 is 34.1 Å². The molecule has 0 aliphatic carbocycles. The van der Waals surface area contributed by atoms with Crippen molar-refractivity contribution in [1.82, 2.24) is 9.55 Å². The van der Waals surface area contributed by atoms with E-state index in [4.69, 9.17) is 11.6 Å². The van der Waals surface area contributed by atoms with Crippen LogP contribution in [0.5, 0.6) is 0 Å².